The summed E-state index contributed by atoms with van der Waals surface area (Å²) in [7, 11) is 0. The van der Waals surface area contributed by atoms with Gasteiger partial charge in [0.2, 0.25) is 5.13 Å². The number of hydrogen-bond acceptors (Lipinski definition) is 6. The molecule has 0 bridgehead atoms. The quantitative estimate of drug-likeness (QED) is 0.356. The van der Waals surface area contributed by atoms with Gasteiger partial charge in [0, 0.05) is 28.6 Å². The minimum Gasteiger partial charge on any atom is -0.307 e. The molecule has 0 saturated heterocycles. The van der Waals surface area contributed by atoms with Crippen molar-refractivity contribution < 1.29 is 4.79 Å². The summed E-state index contributed by atoms with van der Waals surface area (Å²) in [5, 5.41) is 12.4. The Morgan fingerprint density at radius 2 is 1.77 bits per heavy atom. The van der Waals surface area contributed by atoms with Crippen LogP contribution in [0.1, 0.15) is 16.1 Å². The van der Waals surface area contributed by atoms with Gasteiger partial charge in [0.15, 0.2) is 0 Å². The molecule has 0 fully saturated rings. The molecule has 3 aromatic heterocycles. The number of nitrogens with one attached hydrogen (secondary N) is 1. The van der Waals surface area contributed by atoms with E-state index in [4.69, 9.17) is 0 Å². The Labute approximate surface area is 187 Å². The van der Waals surface area contributed by atoms with Crippen molar-refractivity contribution in [2.75, 3.05) is 5.32 Å². The molecule has 0 aliphatic heterocycles. The van der Waals surface area contributed by atoms with Crippen LogP contribution >= 0.6 is 23.1 Å². The van der Waals surface area contributed by atoms with Crippen molar-refractivity contribution in [2.24, 2.45) is 0 Å². The molecule has 2 aromatic carbocycles. The van der Waals surface area contributed by atoms with E-state index in [9.17, 15) is 4.79 Å². The maximum absolute atomic E-state index is 12.9. The Bertz CT molecular complexity index is 1310. The lowest BCUT2D eigenvalue weighted by Gasteiger charge is -2.07. The number of hydrogen-bond donors (Lipinski definition) is 1. The van der Waals surface area contributed by atoms with Gasteiger partial charge in [0.05, 0.1) is 11.3 Å². The van der Waals surface area contributed by atoms with Crippen LogP contribution in [-0.2, 0) is 5.75 Å². The number of carbonyl (C=O) groups excluding carboxylic acids is 1. The summed E-state index contributed by atoms with van der Waals surface area (Å²) in [5.41, 5.74) is 3.45. The van der Waals surface area contributed by atoms with E-state index in [-0.39, 0.29) is 5.91 Å². The van der Waals surface area contributed by atoms with Crippen molar-refractivity contribution in [3.05, 3.63) is 96.4 Å². The second-order valence-corrected chi connectivity index (χ2v) is 8.71. The van der Waals surface area contributed by atoms with Crippen molar-refractivity contribution >= 4 is 39.8 Å². The SMILES string of the molecule is O=C(Nc1nnc(-c2ccccc2)s1)c1ccccc1SCc1cn2ccccc2n1. The number of imidazole rings is 1. The molecule has 31 heavy (non-hydrogen) atoms. The number of rotatable bonds is 6. The van der Waals surface area contributed by atoms with Gasteiger partial charge in [-0.05, 0) is 24.3 Å². The van der Waals surface area contributed by atoms with Crippen molar-refractivity contribution in [3.8, 4) is 10.6 Å². The van der Waals surface area contributed by atoms with Crippen molar-refractivity contribution in [1.82, 2.24) is 19.6 Å². The maximum atomic E-state index is 12.9. The number of nitrogens with zero attached hydrogens (tertiary/aromatic N) is 4. The molecule has 0 spiro atoms. The van der Waals surface area contributed by atoms with Crippen LogP contribution in [0.5, 0.6) is 0 Å². The van der Waals surface area contributed by atoms with Gasteiger partial charge < -0.3 is 4.40 Å². The molecule has 0 unspecified atom stereocenters. The number of carbonyl (C=O) groups is 1. The van der Waals surface area contributed by atoms with Gasteiger partial charge in [-0.2, -0.15) is 0 Å². The summed E-state index contributed by atoms with van der Waals surface area (Å²) in [6.07, 6.45) is 3.99. The third-order valence-electron chi connectivity index (χ3n) is 4.59. The van der Waals surface area contributed by atoms with Crippen LogP contribution in [0, 0.1) is 0 Å². The number of fused-ring (bicyclic) bond motifs is 1. The summed E-state index contributed by atoms with van der Waals surface area (Å²) in [4.78, 5) is 18.4. The molecule has 3 heterocycles. The second-order valence-electron chi connectivity index (χ2n) is 6.72. The van der Waals surface area contributed by atoms with Gasteiger partial charge in [0.25, 0.3) is 5.91 Å². The molecule has 5 rings (SSSR count). The number of amides is 1. The zero-order chi connectivity index (χ0) is 21.0. The van der Waals surface area contributed by atoms with Crippen LogP contribution in [0.15, 0.2) is 90.1 Å². The minimum atomic E-state index is -0.200. The lowest BCUT2D eigenvalue weighted by Crippen LogP contribution is -2.12. The molecule has 8 heteroatoms. The van der Waals surface area contributed by atoms with E-state index >= 15 is 0 Å². The Balaban J connectivity index is 1.30. The molecule has 6 nitrogen and oxygen atoms in total. The standard InChI is InChI=1S/C23H17N5OS2/c29-21(25-23-27-26-22(31-23)16-8-2-1-3-9-16)18-10-4-5-11-19(18)30-15-17-14-28-13-7-6-12-20(28)24-17/h1-14H,15H2,(H,25,27,29). The Hall–Kier alpha value is -3.49. The molecule has 152 valence electrons. The number of anilines is 1. The average Bonchev–Trinajstić information content (AvgIpc) is 3.45. The number of thioether (sulfide) groups is 1. The molecule has 0 radical (unpaired) electrons. The first kappa shape index (κ1) is 19.5. The molecule has 0 aliphatic carbocycles. The zero-order valence-corrected chi connectivity index (χ0v) is 17.9. The zero-order valence-electron chi connectivity index (χ0n) is 16.3. The molecule has 0 saturated carbocycles. The predicted molar refractivity (Wildman–Crippen MR) is 124 cm³/mol. The van der Waals surface area contributed by atoms with E-state index in [0.717, 1.165) is 26.8 Å². The summed E-state index contributed by atoms with van der Waals surface area (Å²) >= 11 is 2.94. The highest BCUT2D eigenvalue weighted by Gasteiger charge is 2.15. The highest BCUT2D eigenvalue weighted by atomic mass is 32.2. The van der Waals surface area contributed by atoms with Crippen molar-refractivity contribution in [1.29, 1.82) is 0 Å². The summed E-state index contributed by atoms with van der Waals surface area (Å²) < 4.78 is 1.99. The number of benzene rings is 2. The van der Waals surface area contributed by atoms with Crippen LogP contribution in [-0.4, -0.2) is 25.5 Å². The largest absolute Gasteiger partial charge is 0.307 e. The van der Waals surface area contributed by atoms with Gasteiger partial charge in [-0.3, -0.25) is 10.1 Å². The van der Waals surface area contributed by atoms with Gasteiger partial charge in [-0.15, -0.1) is 22.0 Å². The predicted octanol–water partition coefficient (Wildman–Crippen LogP) is 5.40. The fraction of sp³-hybridized carbons (Fsp3) is 0.0435. The fourth-order valence-electron chi connectivity index (χ4n) is 3.12. The first-order valence-electron chi connectivity index (χ1n) is 9.61. The summed E-state index contributed by atoms with van der Waals surface area (Å²) in [6, 6.07) is 23.3. The second kappa shape index (κ2) is 8.71. The minimum absolute atomic E-state index is 0.200. The first-order chi connectivity index (χ1) is 15.3. The highest BCUT2D eigenvalue weighted by Crippen LogP contribution is 2.29. The number of aromatic nitrogens is 4. The smallest absolute Gasteiger partial charge is 0.258 e. The Kier molecular flexibility index (Phi) is 5.47. The van der Waals surface area contributed by atoms with Crippen LogP contribution < -0.4 is 5.32 Å². The lowest BCUT2D eigenvalue weighted by atomic mass is 10.2. The highest BCUT2D eigenvalue weighted by molar-refractivity contribution is 7.98. The molecule has 0 aliphatic rings. The summed E-state index contributed by atoms with van der Waals surface area (Å²) in [6.45, 7) is 0. The normalized spacial score (nSPS) is 11.0. The van der Waals surface area contributed by atoms with E-state index in [1.807, 2.05) is 89.6 Å². The van der Waals surface area contributed by atoms with Crippen LogP contribution in [0.4, 0.5) is 5.13 Å². The molecule has 1 amide bonds. The number of pyridine rings is 1. The molecule has 5 aromatic rings. The maximum Gasteiger partial charge on any atom is 0.258 e. The molecular formula is C23H17N5OS2. The third-order valence-corrected chi connectivity index (χ3v) is 6.58. The van der Waals surface area contributed by atoms with Gasteiger partial charge in [0.1, 0.15) is 10.7 Å². The molecule has 1 N–H and O–H groups in total. The van der Waals surface area contributed by atoms with Gasteiger partial charge in [-0.25, -0.2) is 4.98 Å². The van der Waals surface area contributed by atoms with Crippen LogP contribution in [0.2, 0.25) is 0 Å². The average molecular weight is 444 g/mol. The lowest BCUT2D eigenvalue weighted by molar-refractivity contribution is 0.102. The fourth-order valence-corrected chi connectivity index (χ4v) is 4.80. The molecular weight excluding hydrogens is 426 g/mol. The summed E-state index contributed by atoms with van der Waals surface area (Å²) in [5.74, 6) is 0.469. The van der Waals surface area contributed by atoms with E-state index in [1.165, 1.54) is 11.3 Å². The third kappa shape index (κ3) is 4.35. The van der Waals surface area contributed by atoms with Gasteiger partial charge >= 0.3 is 0 Å². The monoisotopic (exact) mass is 443 g/mol. The first-order valence-corrected chi connectivity index (χ1v) is 11.4. The van der Waals surface area contributed by atoms with E-state index in [1.54, 1.807) is 11.8 Å². The van der Waals surface area contributed by atoms with E-state index in [0.29, 0.717) is 16.4 Å². The van der Waals surface area contributed by atoms with Gasteiger partial charge in [-0.1, -0.05) is 59.9 Å². The van der Waals surface area contributed by atoms with E-state index < -0.39 is 0 Å². The van der Waals surface area contributed by atoms with Crippen molar-refractivity contribution in [2.45, 2.75) is 10.6 Å². The van der Waals surface area contributed by atoms with E-state index in [2.05, 4.69) is 20.5 Å². The van der Waals surface area contributed by atoms with Crippen LogP contribution in [0.3, 0.4) is 0 Å². The van der Waals surface area contributed by atoms with Crippen LogP contribution in [0.25, 0.3) is 16.2 Å². The topological polar surface area (TPSA) is 72.2 Å². The molecule has 0 atom stereocenters. The van der Waals surface area contributed by atoms with Crippen molar-refractivity contribution in [3.63, 3.8) is 0 Å². The Morgan fingerprint density at radius 1 is 0.968 bits per heavy atom. The Morgan fingerprint density at radius 3 is 2.65 bits per heavy atom.